The van der Waals surface area contributed by atoms with E-state index in [2.05, 4.69) is 0 Å². The molecule has 0 aliphatic rings. The molecule has 9 nitrogen and oxygen atoms in total. The summed E-state index contributed by atoms with van der Waals surface area (Å²) in [5.41, 5.74) is 0.528. The minimum Gasteiger partial charge on any atom is -0.495 e. The monoisotopic (exact) mass is 394 g/mol. The van der Waals surface area contributed by atoms with Gasteiger partial charge in [0, 0.05) is 26.2 Å². The van der Waals surface area contributed by atoms with Gasteiger partial charge in [-0.25, -0.2) is 17.5 Å². The highest BCUT2D eigenvalue weighted by atomic mass is 32.2. The molecule has 2 aromatic rings. The first-order valence-electron chi connectivity index (χ1n) is 7.68. The Balaban J connectivity index is 2.20. The molecular formula is C17H18N2O7S. The molecule has 0 heterocycles. The molecule has 0 unspecified atom stereocenters. The van der Waals surface area contributed by atoms with Crippen molar-refractivity contribution in [3.05, 3.63) is 63.7 Å². The summed E-state index contributed by atoms with van der Waals surface area (Å²) in [6.07, 6.45) is 0. The molecule has 0 fully saturated rings. The first kappa shape index (κ1) is 20.3. The zero-order chi connectivity index (χ0) is 20.2. The van der Waals surface area contributed by atoms with Crippen LogP contribution < -0.4 is 4.74 Å². The number of nitro benzene ring substituents is 1. The van der Waals surface area contributed by atoms with E-state index in [1.54, 1.807) is 0 Å². The van der Waals surface area contributed by atoms with Crippen molar-refractivity contribution < 1.29 is 27.6 Å². The first-order valence-corrected chi connectivity index (χ1v) is 9.12. The van der Waals surface area contributed by atoms with Gasteiger partial charge in [-0.15, -0.1) is 0 Å². The van der Waals surface area contributed by atoms with Crippen molar-refractivity contribution in [1.29, 1.82) is 0 Å². The summed E-state index contributed by atoms with van der Waals surface area (Å²) in [7, 11) is 0.250. The van der Waals surface area contributed by atoms with Crippen molar-refractivity contribution in [2.24, 2.45) is 0 Å². The fraction of sp³-hybridized carbons (Fsp3) is 0.235. The predicted molar refractivity (Wildman–Crippen MR) is 96.1 cm³/mol. The van der Waals surface area contributed by atoms with Crippen LogP contribution in [0.15, 0.2) is 47.4 Å². The van der Waals surface area contributed by atoms with Gasteiger partial charge < -0.3 is 9.47 Å². The van der Waals surface area contributed by atoms with E-state index in [0.717, 1.165) is 4.31 Å². The van der Waals surface area contributed by atoms with Crippen molar-refractivity contribution in [3.63, 3.8) is 0 Å². The maximum absolute atomic E-state index is 12.4. The molecule has 0 aromatic heterocycles. The molecule has 10 heteroatoms. The van der Waals surface area contributed by atoms with Gasteiger partial charge in [0.15, 0.2) is 0 Å². The number of hydrogen-bond acceptors (Lipinski definition) is 7. The van der Waals surface area contributed by atoms with Gasteiger partial charge in [0.1, 0.15) is 17.3 Å². The third-order valence-corrected chi connectivity index (χ3v) is 5.51. The Labute approximate surface area is 156 Å². The van der Waals surface area contributed by atoms with Crippen LogP contribution in [0, 0.1) is 10.1 Å². The maximum Gasteiger partial charge on any atom is 0.338 e. The van der Waals surface area contributed by atoms with E-state index in [0.29, 0.717) is 5.56 Å². The summed E-state index contributed by atoms with van der Waals surface area (Å²) < 4.78 is 36.0. The molecule has 0 atom stereocenters. The lowest BCUT2D eigenvalue weighted by Crippen LogP contribution is -2.23. The fourth-order valence-corrected chi connectivity index (χ4v) is 3.22. The van der Waals surface area contributed by atoms with Gasteiger partial charge in [-0.1, -0.05) is 0 Å². The SMILES string of the molecule is COc1ccc(C(=O)OCc2ccc([N+](=O)[O-])cc2)cc1S(=O)(=O)N(C)C. The topological polar surface area (TPSA) is 116 Å². The third kappa shape index (κ3) is 4.60. The largest absolute Gasteiger partial charge is 0.495 e. The quantitative estimate of drug-likeness (QED) is 0.401. The summed E-state index contributed by atoms with van der Waals surface area (Å²) in [4.78, 5) is 22.2. The number of nitrogens with zero attached hydrogens (tertiary/aromatic N) is 2. The van der Waals surface area contributed by atoms with Crippen molar-refractivity contribution >= 4 is 21.7 Å². The minimum absolute atomic E-state index is 0.0399. The van der Waals surface area contributed by atoms with Crippen LogP contribution >= 0.6 is 0 Å². The van der Waals surface area contributed by atoms with Crippen LogP contribution in [0.1, 0.15) is 15.9 Å². The van der Waals surface area contributed by atoms with Crippen molar-refractivity contribution in [2.45, 2.75) is 11.5 Å². The number of sulfonamides is 1. The lowest BCUT2D eigenvalue weighted by Gasteiger charge is -2.15. The zero-order valence-corrected chi connectivity index (χ0v) is 15.7. The third-order valence-electron chi connectivity index (χ3n) is 3.68. The van der Waals surface area contributed by atoms with Crippen LogP contribution in [0.3, 0.4) is 0 Å². The molecule has 2 aromatic carbocycles. The van der Waals surface area contributed by atoms with Crippen molar-refractivity contribution in [2.75, 3.05) is 21.2 Å². The summed E-state index contributed by atoms with van der Waals surface area (Å²) in [5.74, 6) is -0.623. The number of benzene rings is 2. The zero-order valence-electron chi connectivity index (χ0n) is 14.9. The van der Waals surface area contributed by atoms with Crippen LogP contribution in [0.2, 0.25) is 0 Å². The molecule has 0 saturated carbocycles. The van der Waals surface area contributed by atoms with Crippen molar-refractivity contribution in [3.8, 4) is 5.75 Å². The second kappa shape index (κ2) is 8.14. The van der Waals surface area contributed by atoms with E-state index in [4.69, 9.17) is 9.47 Å². The van der Waals surface area contributed by atoms with Gasteiger partial charge in [-0.05, 0) is 35.9 Å². The Bertz CT molecular complexity index is 954. The Morgan fingerprint density at radius 2 is 1.78 bits per heavy atom. The van der Waals surface area contributed by atoms with Gasteiger partial charge in [0.05, 0.1) is 17.6 Å². The predicted octanol–water partition coefficient (Wildman–Crippen LogP) is 2.21. The van der Waals surface area contributed by atoms with Crippen LogP contribution in [-0.2, 0) is 21.4 Å². The number of carbonyl (C=O) groups is 1. The Morgan fingerprint density at radius 1 is 1.15 bits per heavy atom. The number of carbonyl (C=O) groups excluding carboxylic acids is 1. The summed E-state index contributed by atoms with van der Waals surface area (Å²) >= 11 is 0. The maximum atomic E-state index is 12.4. The molecule has 0 aliphatic carbocycles. The molecular weight excluding hydrogens is 376 g/mol. The van der Waals surface area contributed by atoms with Gasteiger partial charge in [0.2, 0.25) is 10.0 Å². The Hall–Kier alpha value is -2.98. The number of rotatable bonds is 7. The number of esters is 1. The number of hydrogen-bond donors (Lipinski definition) is 0. The van der Waals surface area contributed by atoms with Crippen LogP contribution in [0.4, 0.5) is 5.69 Å². The molecule has 0 radical (unpaired) electrons. The number of methoxy groups -OCH3 is 1. The highest BCUT2D eigenvalue weighted by Gasteiger charge is 2.24. The molecule has 2 rings (SSSR count). The van der Waals surface area contributed by atoms with E-state index in [1.807, 2.05) is 0 Å². The van der Waals surface area contributed by atoms with Crippen molar-refractivity contribution in [1.82, 2.24) is 4.31 Å². The van der Waals surface area contributed by atoms with E-state index < -0.39 is 20.9 Å². The molecule has 0 bridgehead atoms. The van der Waals surface area contributed by atoms with E-state index >= 15 is 0 Å². The molecule has 0 spiro atoms. The normalized spacial score (nSPS) is 11.3. The average Bonchev–Trinajstić information content (AvgIpc) is 2.65. The van der Waals surface area contributed by atoms with E-state index in [1.165, 1.54) is 63.7 Å². The van der Waals surface area contributed by atoms with Crippen LogP contribution in [-0.4, -0.2) is 44.8 Å². The van der Waals surface area contributed by atoms with Crippen LogP contribution in [0.5, 0.6) is 5.75 Å². The summed E-state index contributed by atoms with van der Waals surface area (Å²) in [6, 6.07) is 9.51. The van der Waals surface area contributed by atoms with Gasteiger partial charge in [-0.3, -0.25) is 10.1 Å². The van der Waals surface area contributed by atoms with Crippen LogP contribution in [0.25, 0.3) is 0 Å². The molecule has 0 amide bonds. The molecule has 0 aliphatic heterocycles. The number of non-ortho nitro benzene ring substituents is 1. The van der Waals surface area contributed by atoms with E-state index in [9.17, 15) is 23.3 Å². The lowest BCUT2D eigenvalue weighted by atomic mass is 10.2. The molecule has 144 valence electrons. The highest BCUT2D eigenvalue weighted by molar-refractivity contribution is 7.89. The minimum atomic E-state index is -3.82. The van der Waals surface area contributed by atoms with Gasteiger partial charge in [-0.2, -0.15) is 0 Å². The number of ether oxygens (including phenoxy) is 2. The first-order chi connectivity index (χ1) is 12.7. The second-order valence-corrected chi connectivity index (χ2v) is 7.77. The van der Waals surface area contributed by atoms with Gasteiger partial charge in [0.25, 0.3) is 5.69 Å². The Morgan fingerprint density at radius 3 is 2.30 bits per heavy atom. The Kier molecular flexibility index (Phi) is 6.13. The standard InChI is InChI=1S/C17H18N2O7S/c1-18(2)27(23,24)16-10-13(6-9-15(16)25-3)17(20)26-11-12-4-7-14(8-5-12)19(21)22/h4-10H,11H2,1-3H3. The summed E-state index contributed by atoms with van der Waals surface area (Å²) in [5, 5.41) is 10.6. The molecule has 0 saturated heterocycles. The summed E-state index contributed by atoms with van der Waals surface area (Å²) in [6.45, 7) is -0.112. The fourth-order valence-electron chi connectivity index (χ4n) is 2.15. The second-order valence-electron chi connectivity index (χ2n) is 5.65. The highest BCUT2D eigenvalue weighted by Crippen LogP contribution is 2.27. The molecule has 0 N–H and O–H groups in total. The number of nitro groups is 1. The lowest BCUT2D eigenvalue weighted by molar-refractivity contribution is -0.384. The average molecular weight is 394 g/mol. The smallest absolute Gasteiger partial charge is 0.338 e. The van der Waals surface area contributed by atoms with Gasteiger partial charge >= 0.3 is 5.97 Å². The van der Waals surface area contributed by atoms with E-state index in [-0.39, 0.29) is 28.5 Å². The molecule has 27 heavy (non-hydrogen) atoms.